The molecule has 0 unspecified atom stereocenters. The molecule has 0 N–H and O–H groups in total. The minimum absolute atomic E-state index is 0.0873. The lowest BCUT2D eigenvalue weighted by atomic mass is 9.93. The second-order valence-electron chi connectivity index (χ2n) is 5.55. The Morgan fingerprint density at radius 3 is 2.35 bits per heavy atom. The molecule has 0 aliphatic rings. The number of rotatable bonds is 2. The zero-order valence-electron chi connectivity index (χ0n) is 12.0. The molecule has 0 bridgehead atoms. The molecule has 20 heavy (non-hydrogen) atoms. The third-order valence-electron chi connectivity index (χ3n) is 2.94. The van der Waals surface area contributed by atoms with Crippen molar-refractivity contribution in [2.24, 2.45) is 0 Å². The molecule has 0 aliphatic carbocycles. The number of thioether (sulfide) groups is 1. The van der Waals surface area contributed by atoms with E-state index in [1.807, 2.05) is 12.3 Å². The van der Waals surface area contributed by atoms with E-state index < -0.39 is 0 Å². The molecule has 0 spiro atoms. The van der Waals surface area contributed by atoms with Gasteiger partial charge in [0.25, 0.3) is 5.91 Å². The number of carbonyl (C=O) groups is 1. The molecule has 2 rings (SSSR count). The average molecular weight is 309 g/mol. The summed E-state index contributed by atoms with van der Waals surface area (Å²) in [5.41, 5.74) is 1.40. The van der Waals surface area contributed by atoms with Crippen LogP contribution in [0, 0.1) is 0 Å². The number of hydrogen-bond donors (Lipinski definition) is 0. The van der Waals surface area contributed by atoms with Crippen LogP contribution in [0.5, 0.6) is 0 Å². The van der Waals surface area contributed by atoms with E-state index >= 15 is 0 Å². The summed E-state index contributed by atoms with van der Waals surface area (Å²) < 4.78 is 1.47. The Balaban J connectivity index is 2.44. The summed E-state index contributed by atoms with van der Waals surface area (Å²) in [5, 5.41) is 5.92. The van der Waals surface area contributed by atoms with Gasteiger partial charge < -0.3 is 0 Å². The second kappa shape index (κ2) is 5.62. The highest BCUT2D eigenvalue weighted by Crippen LogP contribution is 2.26. The van der Waals surface area contributed by atoms with E-state index in [2.05, 4.69) is 25.9 Å². The van der Waals surface area contributed by atoms with E-state index in [0.717, 1.165) is 10.7 Å². The Kier molecular flexibility index (Phi) is 4.25. The first-order chi connectivity index (χ1) is 9.32. The number of carbonyl (C=O) groups excluding carboxylic acids is 1. The summed E-state index contributed by atoms with van der Waals surface area (Å²) in [6.45, 7) is 6.24. The van der Waals surface area contributed by atoms with Crippen LogP contribution in [0.1, 0.15) is 36.8 Å². The summed E-state index contributed by atoms with van der Waals surface area (Å²) in [5.74, 6) is -0.137. The van der Waals surface area contributed by atoms with Crippen LogP contribution < -0.4 is 0 Å². The van der Waals surface area contributed by atoms with Gasteiger partial charge in [0.15, 0.2) is 0 Å². The molecule has 2 aromatic rings. The van der Waals surface area contributed by atoms with E-state index in [4.69, 9.17) is 11.6 Å². The van der Waals surface area contributed by atoms with Crippen molar-refractivity contribution in [1.82, 2.24) is 9.78 Å². The lowest BCUT2D eigenvalue weighted by molar-refractivity contribution is 0.0934. The molecule has 3 nitrogen and oxygen atoms in total. The average Bonchev–Trinajstić information content (AvgIpc) is 2.82. The highest BCUT2D eigenvalue weighted by atomic mass is 35.5. The summed E-state index contributed by atoms with van der Waals surface area (Å²) in [6, 6.07) is 8.82. The maximum Gasteiger partial charge on any atom is 0.279 e. The van der Waals surface area contributed by atoms with E-state index in [1.54, 1.807) is 24.3 Å². The predicted octanol–water partition coefficient (Wildman–Crippen LogP) is 4.24. The Morgan fingerprint density at radius 2 is 1.85 bits per heavy atom. The zero-order chi connectivity index (χ0) is 14.9. The molecule has 0 saturated heterocycles. The molecule has 0 saturated carbocycles. The smallest absolute Gasteiger partial charge is 0.267 e. The minimum Gasteiger partial charge on any atom is -0.267 e. The normalized spacial score (nSPS) is 11.7. The van der Waals surface area contributed by atoms with Gasteiger partial charge in [-0.1, -0.05) is 32.4 Å². The summed E-state index contributed by atoms with van der Waals surface area (Å²) in [7, 11) is 0. The van der Waals surface area contributed by atoms with Gasteiger partial charge in [-0.25, -0.2) is 0 Å². The largest absolute Gasteiger partial charge is 0.279 e. The first-order valence-corrected chi connectivity index (χ1v) is 7.88. The van der Waals surface area contributed by atoms with Crippen LogP contribution in [0.4, 0.5) is 0 Å². The standard InChI is InChI=1S/C15H17ClN2OS/c1-15(2,3)12-9-13(20-4)18(17-12)14(19)10-5-7-11(16)8-6-10/h5-9H,1-4H3. The van der Waals surface area contributed by atoms with Crippen molar-refractivity contribution in [3.8, 4) is 0 Å². The van der Waals surface area contributed by atoms with Gasteiger partial charge in [-0.3, -0.25) is 4.79 Å². The maximum atomic E-state index is 12.5. The monoisotopic (exact) mass is 308 g/mol. The van der Waals surface area contributed by atoms with Crippen molar-refractivity contribution in [3.05, 3.63) is 46.6 Å². The summed E-state index contributed by atoms with van der Waals surface area (Å²) in [4.78, 5) is 12.5. The van der Waals surface area contributed by atoms with Crippen molar-refractivity contribution in [2.75, 3.05) is 6.26 Å². The number of benzene rings is 1. The highest BCUT2D eigenvalue weighted by molar-refractivity contribution is 7.98. The summed E-state index contributed by atoms with van der Waals surface area (Å²) in [6.07, 6.45) is 1.94. The number of hydrogen-bond acceptors (Lipinski definition) is 3. The van der Waals surface area contributed by atoms with Gasteiger partial charge >= 0.3 is 0 Å². The van der Waals surface area contributed by atoms with Crippen molar-refractivity contribution < 1.29 is 4.79 Å². The molecule has 5 heteroatoms. The van der Waals surface area contributed by atoms with Crippen molar-refractivity contribution >= 4 is 29.3 Å². The SMILES string of the molecule is CSc1cc(C(C)(C)C)nn1C(=O)c1ccc(Cl)cc1. The maximum absolute atomic E-state index is 12.5. The van der Waals surface area contributed by atoms with Crippen LogP contribution in [0.15, 0.2) is 35.4 Å². The third-order valence-corrected chi connectivity index (χ3v) is 3.90. The number of halogens is 1. The van der Waals surface area contributed by atoms with Gasteiger partial charge in [-0.2, -0.15) is 9.78 Å². The Morgan fingerprint density at radius 1 is 1.25 bits per heavy atom. The first kappa shape index (κ1) is 15.1. The van der Waals surface area contributed by atoms with Gasteiger partial charge in [-0.15, -0.1) is 11.8 Å². The molecule has 0 amide bonds. The van der Waals surface area contributed by atoms with Crippen LogP contribution in [0.25, 0.3) is 0 Å². The quantitative estimate of drug-likeness (QED) is 0.778. The zero-order valence-corrected chi connectivity index (χ0v) is 13.5. The van der Waals surface area contributed by atoms with Gasteiger partial charge in [0.1, 0.15) is 5.03 Å². The van der Waals surface area contributed by atoms with E-state index in [-0.39, 0.29) is 11.3 Å². The lowest BCUT2D eigenvalue weighted by Gasteiger charge is -2.13. The fourth-order valence-corrected chi connectivity index (χ4v) is 2.39. The van der Waals surface area contributed by atoms with Crippen LogP contribution in [0.3, 0.4) is 0 Å². The molecule has 1 heterocycles. The number of aromatic nitrogens is 2. The van der Waals surface area contributed by atoms with Crippen LogP contribution >= 0.6 is 23.4 Å². The van der Waals surface area contributed by atoms with Crippen LogP contribution in [-0.2, 0) is 5.41 Å². The third kappa shape index (κ3) is 3.07. The lowest BCUT2D eigenvalue weighted by Crippen LogP contribution is -2.17. The molecule has 0 fully saturated rings. The fraction of sp³-hybridized carbons (Fsp3) is 0.333. The topological polar surface area (TPSA) is 34.9 Å². The van der Waals surface area contributed by atoms with Crippen LogP contribution in [0.2, 0.25) is 5.02 Å². The van der Waals surface area contributed by atoms with E-state index in [0.29, 0.717) is 10.6 Å². The van der Waals surface area contributed by atoms with Gasteiger partial charge in [0.2, 0.25) is 0 Å². The molecule has 1 aromatic carbocycles. The van der Waals surface area contributed by atoms with Crippen molar-refractivity contribution in [3.63, 3.8) is 0 Å². The molecule has 0 atom stereocenters. The molecule has 1 aromatic heterocycles. The Bertz CT molecular complexity index is 626. The van der Waals surface area contributed by atoms with Crippen molar-refractivity contribution in [1.29, 1.82) is 0 Å². The summed E-state index contributed by atoms with van der Waals surface area (Å²) >= 11 is 7.36. The minimum atomic E-state index is -0.137. The Labute approximate surface area is 128 Å². The van der Waals surface area contributed by atoms with E-state index in [1.165, 1.54) is 16.4 Å². The van der Waals surface area contributed by atoms with Crippen LogP contribution in [-0.4, -0.2) is 21.9 Å². The van der Waals surface area contributed by atoms with E-state index in [9.17, 15) is 4.79 Å². The number of nitrogens with zero attached hydrogens (tertiary/aromatic N) is 2. The first-order valence-electron chi connectivity index (χ1n) is 6.28. The van der Waals surface area contributed by atoms with Gasteiger partial charge in [0, 0.05) is 16.0 Å². The molecule has 0 aliphatic heterocycles. The molecular formula is C15H17ClN2OS. The van der Waals surface area contributed by atoms with Gasteiger partial charge in [-0.05, 0) is 36.6 Å². The van der Waals surface area contributed by atoms with Gasteiger partial charge in [0.05, 0.1) is 5.69 Å². The fourth-order valence-electron chi connectivity index (χ4n) is 1.74. The predicted molar refractivity (Wildman–Crippen MR) is 83.9 cm³/mol. The molecular weight excluding hydrogens is 292 g/mol. The Hall–Kier alpha value is -1.26. The molecule has 0 radical (unpaired) electrons. The second-order valence-corrected chi connectivity index (χ2v) is 6.81. The highest BCUT2D eigenvalue weighted by Gasteiger charge is 2.22. The van der Waals surface area contributed by atoms with Crippen molar-refractivity contribution in [2.45, 2.75) is 31.2 Å². The molecule has 106 valence electrons.